The van der Waals surface area contributed by atoms with Crippen molar-refractivity contribution in [2.24, 2.45) is 0 Å². The van der Waals surface area contributed by atoms with E-state index < -0.39 is 0 Å². The molecule has 12 nitrogen and oxygen atoms in total. The number of rotatable bonds is 12. The maximum Gasteiger partial charge on any atom is 0.0949 e. The van der Waals surface area contributed by atoms with E-state index in [0.717, 1.165) is 0 Å². The van der Waals surface area contributed by atoms with Crippen LogP contribution in [0.3, 0.4) is 0 Å². The summed E-state index contributed by atoms with van der Waals surface area (Å²) < 4.78 is 12.8. The van der Waals surface area contributed by atoms with Gasteiger partial charge in [-0.3, -0.25) is 0 Å². The number of aromatic nitrogens is 12. The molecule has 0 saturated carbocycles. The lowest BCUT2D eigenvalue weighted by atomic mass is 9.85. The molecule has 12 heteroatoms. The molecule has 0 unspecified atom stereocenters. The Morgan fingerprint density at radius 3 is 0.571 bits per heavy atom. The summed E-state index contributed by atoms with van der Waals surface area (Å²) in [7, 11) is 0. The van der Waals surface area contributed by atoms with E-state index in [4.69, 9.17) is 0 Å². The number of hydrogen-bond acceptors (Lipinski definition) is 6. The van der Waals surface area contributed by atoms with Gasteiger partial charge in [0.2, 0.25) is 0 Å². The van der Waals surface area contributed by atoms with Crippen molar-refractivity contribution in [3.63, 3.8) is 0 Å². The van der Waals surface area contributed by atoms with Crippen molar-refractivity contribution in [1.29, 1.82) is 0 Å². The van der Waals surface area contributed by atoms with E-state index in [1.807, 2.05) is 112 Å². The standard InChI is InChI=1S/C30H30N12/c1-7-37(19-31-1)13-25-26(14-38-8-2-32-20-38)28(16-40-10-4-34-22-40)30(18-42-12-6-36-24-42)29(17-41-11-5-35-23-41)27(25)15-39-9-3-33-21-39/h1-12,19-24H,13-18H2. The van der Waals surface area contributed by atoms with Gasteiger partial charge in [0, 0.05) is 114 Å². The van der Waals surface area contributed by atoms with Crippen molar-refractivity contribution >= 4 is 0 Å². The molecule has 0 radical (unpaired) electrons. The molecular formula is C30H30N12. The molecule has 7 rings (SSSR count). The molecule has 1 aromatic carbocycles. The first-order valence-corrected chi connectivity index (χ1v) is 13.7. The molecule has 0 aliphatic heterocycles. The Balaban J connectivity index is 1.53. The number of imidazole rings is 6. The monoisotopic (exact) mass is 558 g/mol. The Hall–Kier alpha value is -5.52. The first kappa shape index (κ1) is 25.4. The van der Waals surface area contributed by atoms with Gasteiger partial charge in [-0.15, -0.1) is 0 Å². The molecule has 0 N–H and O–H groups in total. The zero-order valence-corrected chi connectivity index (χ0v) is 23.0. The molecular weight excluding hydrogens is 528 g/mol. The summed E-state index contributed by atoms with van der Waals surface area (Å²) in [6.07, 6.45) is 34.4. The molecule has 0 fully saturated rings. The van der Waals surface area contributed by atoms with Crippen molar-refractivity contribution in [3.8, 4) is 0 Å². The fourth-order valence-corrected chi connectivity index (χ4v) is 5.61. The van der Waals surface area contributed by atoms with Gasteiger partial charge in [-0.05, 0) is 33.4 Å². The minimum atomic E-state index is 0.674. The van der Waals surface area contributed by atoms with Crippen LogP contribution in [-0.4, -0.2) is 57.3 Å². The van der Waals surface area contributed by atoms with Gasteiger partial charge in [-0.1, -0.05) is 0 Å². The van der Waals surface area contributed by atoms with Gasteiger partial charge in [0.05, 0.1) is 38.0 Å². The smallest absolute Gasteiger partial charge is 0.0949 e. The van der Waals surface area contributed by atoms with Crippen LogP contribution in [0.2, 0.25) is 0 Å². The SMILES string of the molecule is c1cn(Cc2c(Cn3ccnc3)c(Cn3ccnc3)c(Cn3ccnc3)c(Cn3ccnc3)c2Cn2ccnc2)cn1. The third-order valence-electron chi connectivity index (χ3n) is 7.58. The molecule has 0 spiro atoms. The Morgan fingerprint density at radius 1 is 0.286 bits per heavy atom. The topological polar surface area (TPSA) is 107 Å². The van der Waals surface area contributed by atoms with E-state index in [0.29, 0.717) is 39.3 Å². The molecule has 6 aromatic heterocycles. The molecule has 210 valence electrons. The highest BCUT2D eigenvalue weighted by Gasteiger charge is 2.25. The van der Waals surface area contributed by atoms with Crippen LogP contribution >= 0.6 is 0 Å². The van der Waals surface area contributed by atoms with Crippen LogP contribution in [-0.2, 0) is 39.3 Å². The van der Waals surface area contributed by atoms with Crippen LogP contribution in [0.5, 0.6) is 0 Å². The second kappa shape index (κ2) is 11.5. The summed E-state index contributed by atoms with van der Waals surface area (Å²) in [5, 5.41) is 0. The Labute approximate surface area is 242 Å². The summed E-state index contributed by atoms with van der Waals surface area (Å²) in [5.41, 5.74) is 7.56. The largest absolute Gasteiger partial charge is 0.333 e. The van der Waals surface area contributed by atoms with E-state index in [1.54, 1.807) is 0 Å². The van der Waals surface area contributed by atoms with Gasteiger partial charge < -0.3 is 27.4 Å². The second-order valence-corrected chi connectivity index (χ2v) is 10.3. The Bertz CT molecular complexity index is 1420. The molecule has 0 atom stereocenters. The van der Waals surface area contributed by atoms with Crippen LogP contribution in [0.15, 0.2) is 112 Å². The summed E-state index contributed by atoms with van der Waals surface area (Å²) in [5.74, 6) is 0. The lowest BCUT2D eigenvalue weighted by Gasteiger charge is -2.28. The van der Waals surface area contributed by atoms with Gasteiger partial charge in [0.15, 0.2) is 0 Å². The third kappa shape index (κ3) is 5.42. The van der Waals surface area contributed by atoms with Gasteiger partial charge in [0.25, 0.3) is 0 Å². The van der Waals surface area contributed by atoms with Crippen LogP contribution < -0.4 is 0 Å². The van der Waals surface area contributed by atoms with Crippen molar-refractivity contribution in [1.82, 2.24) is 57.3 Å². The first-order valence-electron chi connectivity index (χ1n) is 13.7. The average molecular weight is 559 g/mol. The molecule has 6 heterocycles. The van der Waals surface area contributed by atoms with Crippen molar-refractivity contribution in [2.45, 2.75) is 39.3 Å². The number of hydrogen-bond donors (Lipinski definition) is 0. The van der Waals surface area contributed by atoms with E-state index in [2.05, 4.69) is 57.3 Å². The third-order valence-corrected chi connectivity index (χ3v) is 7.58. The van der Waals surface area contributed by atoms with Gasteiger partial charge in [0.1, 0.15) is 0 Å². The zero-order valence-electron chi connectivity index (χ0n) is 23.0. The maximum atomic E-state index is 4.36. The average Bonchev–Trinajstić information content (AvgIpc) is 3.85. The lowest BCUT2D eigenvalue weighted by Crippen LogP contribution is -2.22. The van der Waals surface area contributed by atoms with Crippen molar-refractivity contribution in [2.75, 3.05) is 0 Å². The highest BCUT2D eigenvalue weighted by atomic mass is 15.1. The van der Waals surface area contributed by atoms with E-state index in [9.17, 15) is 0 Å². The summed E-state index contributed by atoms with van der Waals surface area (Å²) in [6.45, 7) is 4.04. The van der Waals surface area contributed by atoms with E-state index in [1.165, 1.54) is 33.4 Å². The van der Waals surface area contributed by atoms with E-state index >= 15 is 0 Å². The van der Waals surface area contributed by atoms with Gasteiger partial charge in [-0.2, -0.15) is 0 Å². The Kier molecular flexibility index (Phi) is 6.99. The van der Waals surface area contributed by atoms with Crippen LogP contribution in [0, 0.1) is 0 Å². The number of nitrogens with zero attached hydrogens (tertiary/aromatic N) is 12. The van der Waals surface area contributed by atoms with Crippen LogP contribution in [0.25, 0.3) is 0 Å². The quantitative estimate of drug-likeness (QED) is 0.228. The lowest BCUT2D eigenvalue weighted by molar-refractivity contribution is 0.661. The van der Waals surface area contributed by atoms with Crippen LogP contribution in [0.1, 0.15) is 33.4 Å². The normalized spacial score (nSPS) is 11.4. The summed E-state index contributed by atoms with van der Waals surface area (Å²) >= 11 is 0. The molecule has 7 aromatic rings. The van der Waals surface area contributed by atoms with E-state index in [-0.39, 0.29) is 0 Å². The van der Waals surface area contributed by atoms with Crippen molar-refractivity contribution in [3.05, 3.63) is 146 Å². The second-order valence-electron chi connectivity index (χ2n) is 10.3. The fourth-order valence-electron chi connectivity index (χ4n) is 5.61. The number of benzene rings is 1. The molecule has 0 bridgehead atoms. The highest BCUT2D eigenvalue weighted by molar-refractivity contribution is 5.53. The molecule has 0 saturated heterocycles. The molecule has 0 aliphatic rings. The first-order chi connectivity index (χ1) is 20.8. The maximum absolute atomic E-state index is 4.36. The highest BCUT2D eigenvalue weighted by Crippen LogP contribution is 2.33. The van der Waals surface area contributed by atoms with Gasteiger partial charge in [-0.25, -0.2) is 29.9 Å². The fraction of sp³-hybridized carbons (Fsp3) is 0.200. The zero-order chi connectivity index (χ0) is 28.1. The minimum Gasteiger partial charge on any atom is -0.333 e. The summed E-state index contributed by atoms with van der Waals surface area (Å²) in [6, 6.07) is 0. The van der Waals surface area contributed by atoms with Gasteiger partial charge >= 0.3 is 0 Å². The van der Waals surface area contributed by atoms with Crippen molar-refractivity contribution < 1.29 is 0 Å². The predicted molar refractivity (Wildman–Crippen MR) is 154 cm³/mol. The summed E-state index contributed by atoms with van der Waals surface area (Å²) in [4.78, 5) is 26.2. The minimum absolute atomic E-state index is 0.674. The molecule has 0 amide bonds. The van der Waals surface area contributed by atoms with Crippen LogP contribution in [0.4, 0.5) is 0 Å². The Morgan fingerprint density at radius 2 is 0.452 bits per heavy atom. The molecule has 0 aliphatic carbocycles. The predicted octanol–water partition coefficient (Wildman–Crippen LogP) is 3.16. The molecule has 42 heavy (non-hydrogen) atoms.